The lowest BCUT2D eigenvalue weighted by Gasteiger charge is -2.16. The number of amides is 1. The van der Waals surface area contributed by atoms with Crippen molar-refractivity contribution >= 4 is 11.9 Å². The predicted octanol–water partition coefficient (Wildman–Crippen LogP) is 1.90. The molecule has 0 radical (unpaired) electrons. The molecular weight excluding hydrogens is 256 g/mol. The van der Waals surface area contributed by atoms with Crippen LogP contribution >= 0.6 is 0 Å². The maximum absolute atomic E-state index is 11.7. The van der Waals surface area contributed by atoms with Gasteiger partial charge in [-0.3, -0.25) is 9.59 Å². The van der Waals surface area contributed by atoms with Crippen molar-refractivity contribution in [3.8, 4) is 0 Å². The second-order valence-electron chi connectivity index (χ2n) is 5.93. The van der Waals surface area contributed by atoms with Gasteiger partial charge < -0.3 is 16.2 Å². The Labute approximate surface area is 121 Å². The molecule has 1 saturated carbocycles. The summed E-state index contributed by atoms with van der Waals surface area (Å²) in [7, 11) is 0. The molecule has 1 aliphatic rings. The second-order valence-corrected chi connectivity index (χ2v) is 5.93. The molecule has 5 heteroatoms. The minimum atomic E-state index is -0.745. The van der Waals surface area contributed by atoms with E-state index in [1.165, 1.54) is 0 Å². The number of aliphatic carboxylic acids is 1. The van der Waals surface area contributed by atoms with Crippen LogP contribution in [0.3, 0.4) is 0 Å². The molecule has 0 bridgehead atoms. The van der Waals surface area contributed by atoms with E-state index in [1.54, 1.807) is 0 Å². The number of nitrogens with two attached hydrogens (primary N) is 1. The van der Waals surface area contributed by atoms with Gasteiger partial charge in [-0.15, -0.1) is 0 Å². The molecule has 1 fully saturated rings. The highest BCUT2D eigenvalue weighted by Crippen LogP contribution is 2.32. The lowest BCUT2D eigenvalue weighted by molar-refractivity contribution is -0.137. The Morgan fingerprint density at radius 2 is 2.00 bits per heavy atom. The molecule has 2 atom stereocenters. The second kappa shape index (κ2) is 8.95. The maximum Gasteiger partial charge on any atom is 0.303 e. The smallest absolute Gasteiger partial charge is 0.303 e. The van der Waals surface area contributed by atoms with E-state index in [1.807, 2.05) is 0 Å². The van der Waals surface area contributed by atoms with Gasteiger partial charge in [0.05, 0.1) is 0 Å². The summed E-state index contributed by atoms with van der Waals surface area (Å²) in [6.07, 6.45) is 6.55. The fraction of sp³-hybridized carbons (Fsp3) is 0.867. The van der Waals surface area contributed by atoms with E-state index < -0.39 is 5.97 Å². The number of carbonyl (C=O) groups excluding carboxylic acids is 1. The van der Waals surface area contributed by atoms with Gasteiger partial charge in [0, 0.05) is 25.4 Å². The molecule has 4 N–H and O–H groups in total. The van der Waals surface area contributed by atoms with Crippen molar-refractivity contribution in [2.45, 2.75) is 64.3 Å². The molecule has 0 aromatic carbocycles. The Bertz CT molecular complexity index is 316. The molecule has 0 saturated heterocycles. The van der Waals surface area contributed by atoms with Crippen LogP contribution in [0.5, 0.6) is 0 Å². The zero-order chi connectivity index (χ0) is 15.0. The van der Waals surface area contributed by atoms with Crippen LogP contribution in [0, 0.1) is 11.8 Å². The van der Waals surface area contributed by atoms with Crippen LogP contribution in [0.15, 0.2) is 0 Å². The van der Waals surface area contributed by atoms with Crippen molar-refractivity contribution in [3.05, 3.63) is 0 Å². The minimum Gasteiger partial charge on any atom is -0.481 e. The Hall–Kier alpha value is -1.10. The number of carbonyl (C=O) groups is 2. The molecule has 0 aromatic rings. The van der Waals surface area contributed by atoms with Crippen LogP contribution in [0.4, 0.5) is 0 Å². The van der Waals surface area contributed by atoms with Gasteiger partial charge in [-0.1, -0.05) is 19.8 Å². The number of rotatable bonds is 11. The van der Waals surface area contributed by atoms with E-state index in [0.717, 1.165) is 32.1 Å². The van der Waals surface area contributed by atoms with Crippen LogP contribution in [-0.4, -0.2) is 29.6 Å². The van der Waals surface area contributed by atoms with Gasteiger partial charge >= 0.3 is 5.97 Å². The van der Waals surface area contributed by atoms with E-state index in [0.29, 0.717) is 31.2 Å². The lowest BCUT2D eigenvalue weighted by atomic mass is 9.94. The summed E-state index contributed by atoms with van der Waals surface area (Å²) in [6, 6.07) is 0.00782. The van der Waals surface area contributed by atoms with Crippen LogP contribution in [-0.2, 0) is 9.59 Å². The highest BCUT2D eigenvalue weighted by atomic mass is 16.4. The molecule has 0 spiro atoms. The van der Waals surface area contributed by atoms with Crippen LogP contribution in [0.2, 0.25) is 0 Å². The summed E-state index contributed by atoms with van der Waals surface area (Å²) in [5, 5.41) is 11.6. The highest BCUT2D eigenvalue weighted by molar-refractivity contribution is 5.76. The summed E-state index contributed by atoms with van der Waals surface area (Å²) in [6.45, 7) is 2.72. The summed E-state index contributed by atoms with van der Waals surface area (Å²) in [5.41, 5.74) is 5.91. The largest absolute Gasteiger partial charge is 0.481 e. The molecule has 1 rings (SSSR count). The summed E-state index contributed by atoms with van der Waals surface area (Å²) >= 11 is 0. The lowest BCUT2D eigenvalue weighted by Crippen LogP contribution is -2.33. The zero-order valence-corrected chi connectivity index (χ0v) is 12.4. The third kappa shape index (κ3) is 7.48. The van der Waals surface area contributed by atoms with Gasteiger partial charge in [-0.2, -0.15) is 0 Å². The van der Waals surface area contributed by atoms with Gasteiger partial charge in [0.2, 0.25) is 5.91 Å². The summed E-state index contributed by atoms with van der Waals surface area (Å²) in [4.78, 5) is 22.3. The first-order chi connectivity index (χ1) is 9.52. The van der Waals surface area contributed by atoms with Gasteiger partial charge in [-0.25, -0.2) is 0 Å². The molecule has 0 aliphatic heterocycles. The first-order valence-electron chi connectivity index (χ1n) is 7.77. The Morgan fingerprint density at radius 3 is 2.55 bits per heavy atom. The number of carboxylic acid groups (broad SMARTS) is 1. The van der Waals surface area contributed by atoms with Crippen molar-refractivity contribution in [1.29, 1.82) is 0 Å². The van der Waals surface area contributed by atoms with E-state index in [2.05, 4.69) is 12.2 Å². The number of nitrogens with one attached hydrogen (secondary N) is 1. The number of hydrogen-bond donors (Lipinski definition) is 3. The third-order valence-corrected chi connectivity index (χ3v) is 3.99. The molecule has 2 unspecified atom stereocenters. The van der Waals surface area contributed by atoms with Crippen LogP contribution < -0.4 is 11.1 Å². The van der Waals surface area contributed by atoms with Crippen LogP contribution in [0.1, 0.15) is 58.3 Å². The van der Waals surface area contributed by atoms with Gasteiger partial charge in [0.1, 0.15) is 0 Å². The van der Waals surface area contributed by atoms with E-state index in [-0.39, 0.29) is 18.4 Å². The predicted molar refractivity (Wildman–Crippen MR) is 78.2 cm³/mol. The Morgan fingerprint density at radius 1 is 1.30 bits per heavy atom. The molecule has 116 valence electrons. The van der Waals surface area contributed by atoms with Gasteiger partial charge in [0.15, 0.2) is 0 Å². The molecule has 5 nitrogen and oxygen atoms in total. The first kappa shape index (κ1) is 17.0. The molecular formula is C15H28N2O3. The minimum absolute atomic E-state index is 0.00782. The molecule has 1 aliphatic carbocycles. The quantitative estimate of drug-likeness (QED) is 0.540. The first-order valence-corrected chi connectivity index (χ1v) is 7.77. The fourth-order valence-electron chi connectivity index (χ4n) is 2.56. The van der Waals surface area contributed by atoms with Crippen LogP contribution in [0.25, 0.3) is 0 Å². The Balaban J connectivity index is 2.14. The summed E-state index contributed by atoms with van der Waals surface area (Å²) < 4.78 is 0. The molecule has 0 aromatic heterocycles. The van der Waals surface area contributed by atoms with E-state index in [9.17, 15) is 9.59 Å². The van der Waals surface area contributed by atoms with Crippen molar-refractivity contribution in [2.75, 3.05) is 6.54 Å². The number of carboxylic acids is 1. The Kier molecular flexibility index (Phi) is 7.59. The zero-order valence-electron chi connectivity index (χ0n) is 12.4. The average molecular weight is 284 g/mol. The van der Waals surface area contributed by atoms with E-state index in [4.69, 9.17) is 10.8 Å². The van der Waals surface area contributed by atoms with Gasteiger partial charge in [0.25, 0.3) is 0 Å². The third-order valence-electron chi connectivity index (χ3n) is 3.99. The fourth-order valence-corrected chi connectivity index (χ4v) is 2.56. The monoisotopic (exact) mass is 284 g/mol. The molecule has 0 heterocycles. The van der Waals surface area contributed by atoms with E-state index >= 15 is 0 Å². The van der Waals surface area contributed by atoms with Crippen molar-refractivity contribution in [1.82, 2.24) is 5.32 Å². The average Bonchev–Trinajstić information content (AvgIpc) is 3.19. The maximum atomic E-state index is 11.7. The summed E-state index contributed by atoms with van der Waals surface area (Å²) in [5.74, 6) is 0.209. The SMILES string of the molecule is CCCC(CCNC(=O)CC(N)C1CC1)CCC(=O)O. The highest BCUT2D eigenvalue weighted by Gasteiger charge is 2.29. The standard InChI is InChI=1S/C15H28N2O3/c1-2-3-11(4-7-15(19)20)8-9-17-14(18)10-13(16)12-5-6-12/h11-13H,2-10,16H2,1H3,(H,17,18)(H,19,20). The number of hydrogen-bond acceptors (Lipinski definition) is 3. The van der Waals surface area contributed by atoms with Gasteiger partial charge in [-0.05, 0) is 37.5 Å². The normalized spacial score (nSPS) is 17.5. The van der Waals surface area contributed by atoms with Crippen molar-refractivity contribution < 1.29 is 14.7 Å². The molecule has 20 heavy (non-hydrogen) atoms. The molecule has 1 amide bonds. The van der Waals surface area contributed by atoms with Crippen molar-refractivity contribution in [2.24, 2.45) is 17.6 Å². The van der Waals surface area contributed by atoms with Crippen molar-refractivity contribution in [3.63, 3.8) is 0 Å². The topological polar surface area (TPSA) is 92.4 Å².